The van der Waals surface area contributed by atoms with E-state index in [1.165, 1.54) is 0 Å². The van der Waals surface area contributed by atoms with Gasteiger partial charge in [-0.25, -0.2) is 0 Å². The van der Waals surface area contributed by atoms with Crippen LogP contribution in [-0.4, -0.2) is 26.1 Å². The zero-order valence-electron chi connectivity index (χ0n) is 20.4. The van der Waals surface area contributed by atoms with E-state index < -0.39 is 5.91 Å². The number of anilines is 4. The van der Waals surface area contributed by atoms with E-state index in [2.05, 4.69) is 17.6 Å². The van der Waals surface area contributed by atoms with E-state index in [1.54, 1.807) is 25.3 Å². The maximum atomic E-state index is 11.3. The van der Waals surface area contributed by atoms with E-state index in [0.717, 1.165) is 33.8 Å². The molecular weight excluding hydrogens is 442 g/mol. The van der Waals surface area contributed by atoms with Gasteiger partial charge in [0.2, 0.25) is 5.91 Å². The van der Waals surface area contributed by atoms with Crippen molar-refractivity contribution in [2.24, 2.45) is 5.73 Å². The molecule has 0 radical (unpaired) electrons. The Kier molecular flexibility index (Phi) is 8.45. The number of amides is 1. The fourth-order valence-electron chi connectivity index (χ4n) is 3.37. The lowest BCUT2D eigenvalue weighted by Gasteiger charge is -2.17. The minimum Gasteiger partial charge on any atom is -0.497 e. The van der Waals surface area contributed by atoms with Crippen molar-refractivity contribution in [3.63, 3.8) is 0 Å². The molecule has 1 amide bonds. The van der Waals surface area contributed by atoms with Gasteiger partial charge in [-0.05, 0) is 61.9 Å². The highest BCUT2D eigenvalue weighted by molar-refractivity contribution is 5.94. The van der Waals surface area contributed by atoms with Gasteiger partial charge in [-0.2, -0.15) is 0 Å². The second-order valence-corrected chi connectivity index (χ2v) is 8.29. The van der Waals surface area contributed by atoms with Gasteiger partial charge in [0.15, 0.2) is 0 Å². The standard InChI is InChI=1S/C27H33N5O3/c1-17(14-31-24-12-9-20(27(30)33)13-23(24)29)18(2)15-32-26-22(28)5-4-6-25(26)35-16-19-7-10-21(34-3)11-8-19/h4-13,31-32H,14-16,28-29H2,1-3H3,(H2,30,33). The van der Waals surface area contributed by atoms with Crippen LogP contribution < -0.4 is 37.3 Å². The number of nitrogens with two attached hydrogens (primary N) is 3. The van der Waals surface area contributed by atoms with Gasteiger partial charge in [-0.3, -0.25) is 4.79 Å². The van der Waals surface area contributed by atoms with Crippen molar-refractivity contribution in [3.8, 4) is 11.5 Å². The molecule has 0 aliphatic heterocycles. The summed E-state index contributed by atoms with van der Waals surface area (Å²) in [5, 5.41) is 6.72. The zero-order chi connectivity index (χ0) is 25.4. The first-order valence-corrected chi connectivity index (χ1v) is 11.2. The van der Waals surface area contributed by atoms with Crippen LogP contribution in [-0.2, 0) is 6.61 Å². The number of carbonyl (C=O) groups is 1. The van der Waals surface area contributed by atoms with Crippen LogP contribution in [0, 0.1) is 0 Å². The van der Waals surface area contributed by atoms with Gasteiger partial charge >= 0.3 is 0 Å². The summed E-state index contributed by atoms with van der Waals surface area (Å²) in [6, 6.07) is 18.3. The molecule has 0 spiro atoms. The molecule has 0 saturated heterocycles. The van der Waals surface area contributed by atoms with E-state index in [1.807, 2.05) is 49.4 Å². The maximum absolute atomic E-state index is 11.3. The van der Waals surface area contributed by atoms with Crippen molar-refractivity contribution in [1.82, 2.24) is 0 Å². The van der Waals surface area contributed by atoms with Crippen LogP contribution in [0.5, 0.6) is 11.5 Å². The van der Waals surface area contributed by atoms with Crippen molar-refractivity contribution < 1.29 is 14.3 Å². The third-order valence-electron chi connectivity index (χ3n) is 5.75. The number of ether oxygens (including phenoxy) is 2. The molecule has 3 aromatic rings. The minimum absolute atomic E-state index is 0.381. The SMILES string of the molecule is COc1ccc(COc2cccc(N)c2NCC(C)=C(C)CNc2ccc(C(N)=O)cc2N)cc1. The molecule has 3 aromatic carbocycles. The first-order chi connectivity index (χ1) is 16.8. The highest BCUT2D eigenvalue weighted by atomic mass is 16.5. The number of methoxy groups -OCH3 is 1. The Labute approximate surface area is 206 Å². The highest BCUT2D eigenvalue weighted by Crippen LogP contribution is 2.31. The van der Waals surface area contributed by atoms with Crippen molar-refractivity contribution >= 4 is 28.7 Å². The third-order valence-corrected chi connectivity index (χ3v) is 5.75. The van der Waals surface area contributed by atoms with Crippen molar-refractivity contribution in [1.29, 1.82) is 0 Å². The lowest BCUT2D eigenvalue weighted by molar-refractivity contribution is 0.100. The first kappa shape index (κ1) is 25.3. The molecule has 0 fully saturated rings. The van der Waals surface area contributed by atoms with E-state index in [4.69, 9.17) is 26.7 Å². The quantitative estimate of drug-likeness (QED) is 0.205. The topological polar surface area (TPSA) is 138 Å². The third kappa shape index (κ3) is 6.83. The smallest absolute Gasteiger partial charge is 0.248 e. The molecule has 8 N–H and O–H groups in total. The predicted molar refractivity (Wildman–Crippen MR) is 143 cm³/mol. The molecule has 8 heteroatoms. The van der Waals surface area contributed by atoms with Crippen LogP contribution in [0.15, 0.2) is 71.8 Å². The van der Waals surface area contributed by atoms with Gasteiger partial charge in [0.05, 0.1) is 24.2 Å². The highest BCUT2D eigenvalue weighted by Gasteiger charge is 2.10. The van der Waals surface area contributed by atoms with E-state index >= 15 is 0 Å². The predicted octanol–water partition coefficient (Wildman–Crippen LogP) is 4.40. The molecule has 35 heavy (non-hydrogen) atoms. The van der Waals surface area contributed by atoms with Crippen LogP contribution >= 0.6 is 0 Å². The molecule has 0 heterocycles. The molecule has 0 saturated carbocycles. The number of nitrogens with one attached hydrogen (secondary N) is 2. The lowest BCUT2D eigenvalue weighted by atomic mass is 10.1. The van der Waals surface area contributed by atoms with E-state index in [0.29, 0.717) is 42.4 Å². The Morgan fingerprint density at radius 1 is 0.886 bits per heavy atom. The number of para-hydroxylation sites is 1. The molecule has 3 rings (SSSR count). The maximum Gasteiger partial charge on any atom is 0.248 e. The fourth-order valence-corrected chi connectivity index (χ4v) is 3.37. The minimum atomic E-state index is -0.506. The summed E-state index contributed by atoms with van der Waals surface area (Å²) in [4.78, 5) is 11.3. The number of hydrogen-bond acceptors (Lipinski definition) is 7. The number of hydrogen-bond donors (Lipinski definition) is 5. The largest absolute Gasteiger partial charge is 0.497 e. The Hall–Kier alpha value is -4.33. The summed E-state index contributed by atoms with van der Waals surface area (Å²) in [6.45, 7) is 5.71. The second kappa shape index (κ2) is 11.7. The summed E-state index contributed by atoms with van der Waals surface area (Å²) in [5.41, 5.74) is 23.9. The van der Waals surface area contributed by atoms with Crippen LogP contribution in [0.2, 0.25) is 0 Å². The molecule has 8 nitrogen and oxygen atoms in total. The molecule has 184 valence electrons. The van der Waals surface area contributed by atoms with Crippen molar-refractivity contribution in [2.45, 2.75) is 20.5 Å². The molecule has 0 unspecified atom stereocenters. The van der Waals surface area contributed by atoms with Crippen LogP contribution in [0.25, 0.3) is 0 Å². The van der Waals surface area contributed by atoms with Gasteiger partial charge in [0, 0.05) is 18.7 Å². The fraction of sp³-hybridized carbons (Fsp3) is 0.222. The first-order valence-electron chi connectivity index (χ1n) is 11.2. The average molecular weight is 476 g/mol. The lowest BCUT2D eigenvalue weighted by Crippen LogP contribution is -2.13. The van der Waals surface area contributed by atoms with Crippen LogP contribution in [0.3, 0.4) is 0 Å². The van der Waals surface area contributed by atoms with Gasteiger partial charge in [0.25, 0.3) is 0 Å². The summed E-state index contributed by atoms with van der Waals surface area (Å²) in [6.07, 6.45) is 0. The zero-order valence-corrected chi connectivity index (χ0v) is 20.4. The number of carbonyl (C=O) groups excluding carboxylic acids is 1. The molecule has 0 aromatic heterocycles. The van der Waals surface area contributed by atoms with Crippen LogP contribution in [0.4, 0.5) is 22.7 Å². The Morgan fingerprint density at radius 2 is 1.57 bits per heavy atom. The van der Waals surface area contributed by atoms with Gasteiger partial charge in [-0.15, -0.1) is 0 Å². The van der Waals surface area contributed by atoms with Gasteiger partial charge in [0.1, 0.15) is 23.8 Å². The summed E-state index contributed by atoms with van der Waals surface area (Å²) in [5.74, 6) is 0.984. The normalized spacial score (nSPS) is 11.4. The molecular formula is C27H33N5O3. The summed E-state index contributed by atoms with van der Waals surface area (Å²) < 4.78 is 11.3. The molecule has 0 aliphatic rings. The summed E-state index contributed by atoms with van der Waals surface area (Å²) in [7, 11) is 1.64. The number of nitrogen functional groups attached to an aromatic ring is 2. The van der Waals surface area contributed by atoms with E-state index in [9.17, 15) is 4.79 Å². The summed E-state index contributed by atoms with van der Waals surface area (Å²) >= 11 is 0. The average Bonchev–Trinajstić information content (AvgIpc) is 2.85. The Morgan fingerprint density at radius 3 is 2.20 bits per heavy atom. The van der Waals surface area contributed by atoms with Crippen LogP contribution in [0.1, 0.15) is 29.8 Å². The monoisotopic (exact) mass is 475 g/mol. The van der Waals surface area contributed by atoms with Crippen molar-refractivity contribution in [3.05, 3.63) is 82.9 Å². The number of rotatable bonds is 11. The molecule has 0 atom stereocenters. The van der Waals surface area contributed by atoms with Gasteiger partial charge < -0.3 is 37.3 Å². The Balaban J connectivity index is 1.62. The molecule has 0 aliphatic carbocycles. The molecule has 0 bridgehead atoms. The van der Waals surface area contributed by atoms with Crippen molar-refractivity contribution in [2.75, 3.05) is 42.3 Å². The Bertz CT molecular complexity index is 1210. The number of primary amides is 1. The second-order valence-electron chi connectivity index (χ2n) is 8.29. The number of benzene rings is 3. The van der Waals surface area contributed by atoms with E-state index in [-0.39, 0.29) is 0 Å². The van der Waals surface area contributed by atoms with Gasteiger partial charge in [-0.1, -0.05) is 29.3 Å².